The number of allylic oxidation sites excluding steroid dienone is 8. The van der Waals surface area contributed by atoms with E-state index in [1.807, 2.05) is 0 Å². The highest BCUT2D eigenvalue weighted by molar-refractivity contribution is 7.85. The molecule has 1 aliphatic rings. The lowest BCUT2D eigenvalue weighted by molar-refractivity contribution is -0.297. The van der Waals surface area contributed by atoms with Crippen LogP contribution in [-0.2, 0) is 38.7 Å². The van der Waals surface area contributed by atoms with Gasteiger partial charge in [0.05, 0.1) is 6.61 Å². The number of unbranched alkanes of at least 4 members (excludes halogenated alkanes) is 16. The fraction of sp³-hybridized carbons (Fsp3) is 0.778. The summed E-state index contributed by atoms with van der Waals surface area (Å²) >= 11 is 0. The smallest absolute Gasteiger partial charge is 0.306 e. The van der Waals surface area contributed by atoms with Crippen molar-refractivity contribution in [3.8, 4) is 0 Å². The van der Waals surface area contributed by atoms with Crippen LogP contribution in [-0.4, -0.2) is 96.0 Å². The number of carbonyl (C=O) groups excluding carboxylic acids is 2. The highest BCUT2D eigenvalue weighted by Gasteiger charge is 2.46. The molecule has 336 valence electrons. The minimum Gasteiger partial charge on any atom is -0.462 e. The molecule has 1 aliphatic heterocycles. The molecule has 4 N–H and O–H groups in total. The molecule has 0 spiro atoms. The average Bonchev–Trinajstić information content (AvgIpc) is 3.18. The Balaban J connectivity index is 2.48. The van der Waals surface area contributed by atoms with Crippen LogP contribution in [0.4, 0.5) is 0 Å². The molecule has 6 atom stereocenters. The van der Waals surface area contributed by atoms with E-state index in [9.17, 15) is 37.9 Å². The summed E-state index contributed by atoms with van der Waals surface area (Å²) in [7, 11) is -4.60. The van der Waals surface area contributed by atoms with Crippen molar-refractivity contribution in [1.29, 1.82) is 0 Å². The Morgan fingerprint density at radius 1 is 0.603 bits per heavy atom. The summed E-state index contributed by atoms with van der Waals surface area (Å²) in [6, 6.07) is 0. The molecule has 0 amide bonds. The van der Waals surface area contributed by atoms with Crippen molar-refractivity contribution in [2.75, 3.05) is 19.0 Å². The first-order chi connectivity index (χ1) is 28.0. The number of hydrogen-bond donors (Lipinski definition) is 4. The van der Waals surface area contributed by atoms with Crippen LogP contribution in [0.1, 0.15) is 168 Å². The lowest BCUT2D eigenvalue weighted by atomic mass is 10.00. The number of rotatable bonds is 36. The molecule has 0 saturated carbocycles. The Labute approximate surface area is 350 Å². The van der Waals surface area contributed by atoms with E-state index in [0.29, 0.717) is 12.8 Å². The van der Waals surface area contributed by atoms with Gasteiger partial charge in [0, 0.05) is 12.8 Å². The number of hydrogen-bond acceptors (Lipinski definition) is 11. The van der Waals surface area contributed by atoms with Gasteiger partial charge in [0.2, 0.25) is 0 Å². The van der Waals surface area contributed by atoms with Gasteiger partial charge in [-0.1, -0.05) is 152 Å². The molecule has 1 rings (SSSR count). The van der Waals surface area contributed by atoms with E-state index >= 15 is 0 Å². The summed E-state index contributed by atoms with van der Waals surface area (Å²) in [5, 5.41) is 30.9. The Bertz CT molecular complexity index is 1260. The van der Waals surface area contributed by atoms with Gasteiger partial charge in [-0.15, -0.1) is 0 Å². The van der Waals surface area contributed by atoms with E-state index in [2.05, 4.69) is 62.5 Å². The van der Waals surface area contributed by atoms with Crippen LogP contribution in [0.3, 0.4) is 0 Å². The second-order valence-corrected chi connectivity index (χ2v) is 16.8. The lowest BCUT2D eigenvalue weighted by Gasteiger charge is -2.40. The standard InChI is InChI=1S/C45H78O12S/c1-3-5-7-9-11-13-15-17-18-19-20-22-24-26-28-30-32-34-41(47)56-38(36-55-45-44(50)43(49)42(48)39(57-45)37-58(51,52)53)35-54-40(46)33-31-29-27-25-23-21-16-14-12-10-8-6-4-2/h5,7,11,13,17-18,20,22,38-39,42-45,48-50H,3-4,6,8-10,12,14-16,19,21,23-37H2,1-2H3,(H,51,52,53)/b7-5-,13-11-,18-17-,22-20-. The predicted octanol–water partition coefficient (Wildman–Crippen LogP) is 8.78. The maximum Gasteiger partial charge on any atom is 0.306 e. The van der Waals surface area contributed by atoms with Crippen LogP contribution in [0.5, 0.6) is 0 Å². The molecule has 6 unspecified atom stereocenters. The second-order valence-electron chi connectivity index (χ2n) is 15.3. The average molecular weight is 843 g/mol. The predicted molar refractivity (Wildman–Crippen MR) is 229 cm³/mol. The number of aliphatic hydroxyl groups excluding tert-OH is 3. The van der Waals surface area contributed by atoms with E-state index in [0.717, 1.165) is 70.6 Å². The normalized spacial score (nSPS) is 20.8. The Kier molecular flexibility index (Phi) is 32.7. The summed E-state index contributed by atoms with van der Waals surface area (Å²) < 4.78 is 54.0. The minimum atomic E-state index is -4.60. The first-order valence-electron chi connectivity index (χ1n) is 22.2. The first-order valence-corrected chi connectivity index (χ1v) is 23.8. The van der Waals surface area contributed by atoms with Gasteiger partial charge in [-0.25, -0.2) is 0 Å². The molecule has 1 heterocycles. The fourth-order valence-electron chi connectivity index (χ4n) is 6.49. The van der Waals surface area contributed by atoms with Crippen molar-refractivity contribution in [2.45, 2.75) is 205 Å². The molecular weight excluding hydrogens is 765 g/mol. The second kappa shape index (κ2) is 35.4. The summed E-state index contributed by atoms with van der Waals surface area (Å²) in [5.41, 5.74) is 0. The monoisotopic (exact) mass is 843 g/mol. The summed E-state index contributed by atoms with van der Waals surface area (Å²) in [6.45, 7) is 3.62. The Morgan fingerprint density at radius 3 is 1.62 bits per heavy atom. The van der Waals surface area contributed by atoms with E-state index in [4.69, 9.17) is 18.9 Å². The third-order valence-electron chi connectivity index (χ3n) is 9.92. The molecular formula is C45H78O12S. The van der Waals surface area contributed by atoms with Crippen molar-refractivity contribution in [1.82, 2.24) is 0 Å². The third kappa shape index (κ3) is 29.8. The van der Waals surface area contributed by atoms with Crippen molar-refractivity contribution < 1.29 is 56.8 Å². The van der Waals surface area contributed by atoms with Crippen LogP contribution in [0.25, 0.3) is 0 Å². The van der Waals surface area contributed by atoms with Crippen LogP contribution in [0.2, 0.25) is 0 Å². The van der Waals surface area contributed by atoms with Crippen LogP contribution in [0.15, 0.2) is 48.6 Å². The van der Waals surface area contributed by atoms with Crippen molar-refractivity contribution in [2.24, 2.45) is 0 Å². The molecule has 13 heteroatoms. The van der Waals surface area contributed by atoms with E-state index in [1.54, 1.807) is 0 Å². The zero-order valence-corrected chi connectivity index (χ0v) is 36.5. The maximum absolute atomic E-state index is 12.8. The van der Waals surface area contributed by atoms with Gasteiger partial charge in [-0.3, -0.25) is 14.1 Å². The maximum atomic E-state index is 12.8. The molecule has 0 aliphatic carbocycles. The van der Waals surface area contributed by atoms with E-state index in [-0.39, 0.29) is 19.4 Å². The van der Waals surface area contributed by atoms with Crippen LogP contribution in [0, 0.1) is 0 Å². The quantitative estimate of drug-likeness (QED) is 0.0204. The minimum absolute atomic E-state index is 0.136. The van der Waals surface area contributed by atoms with Gasteiger partial charge >= 0.3 is 11.9 Å². The number of carbonyl (C=O) groups is 2. The summed E-state index contributed by atoms with van der Waals surface area (Å²) in [4.78, 5) is 25.4. The van der Waals surface area contributed by atoms with Gasteiger partial charge in [0.15, 0.2) is 12.4 Å². The van der Waals surface area contributed by atoms with Crippen LogP contribution >= 0.6 is 0 Å². The van der Waals surface area contributed by atoms with Crippen LogP contribution < -0.4 is 0 Å². The SMILES string of the molecule is CC/C=C\C/C=C\C/C=C\C/C=C\CCCCCCC(=O)OC(COC(=O)CCCCCCCCCCCCCCC)COC1OC(CS(=O)(=O)O)C(O)C(O)C1O. The Hall–Kier alpha value is -2.39. The van der Waals surface area contributed by atoms with Gasteiger partial charge in [-0.2, -0.15) is 8.42 Å². The summed E-state index contributed by atoms with van der Waals surface area (Å²) in [6.07, 6.45) is 31.5. The molecule has 12 nitrogen and oxygen atoms in total. The third-order valence-corrected chi connectivity index (χ3v) is 10.7. The topological polar surface area (TPSA) is 186 Å². The zero-order valence-electron chi connectivity index (χ0n) is 35.6. The van der Waals surface area contributed by atoms with Gasteiger partial charge < -0.3 is 34.3 Å². The highest BCUT2D eigenvalue weighted by Crippen LogP contribution is 2.24. The number of esters is 2. The molecule has 0 aromatic carbocycles. The number of ether oxygens (including phenoxy) is 4. The molecule has 0 aromatic rings. The van der Waals surface area contributed by atoms with E-state index < -0.39 is 71.2 Å². The molecule has 58 heavy (non-hydrogen) atoms. The van der Waals surface area contributed by atoms with Crippen molar-refractivity contribution in [3.05, 3.63) is 48.6 Å². The van der Waals surface area contributed by atoms with Crippen molar-refractivity contribution >= 4 is 22.1 Å². The lowest BCUT2D eigenvalue weighted by Crippen LogP contribution is -2.60. The molecule has 0 aromatic heterocycles. The summed E-state index contributed by atoms with van der Waals surface area (Å²) in [5.74, 6) is -2.01. The largest absolute Gasteiger partial charge is 0.462 e. The molecule has 1 saturated heterocycles. The van der Waals surface area contributed by atoms with E-state index in [1.165, 1.54) is 57.8 Å². The van der Waals surface area contributed by atoms with Gasteiger partial charge in [0.1, 0.15) is 36.8 Å². The zero-order chi connectivity index (χ0) is 42.7. The van der Waals surface area contributed by atoms with Crippen molar-refractivity contribution in [3.63, 3.8) is 0 Å². The van der Waals surface area contributed by atoms with Gasteiger partial charge in [0.25, 0.3) is 10.1 Å². The molecule has 0 bridgehead atoms. The van der Waals surface area contributed by atoms with Gasteiger partial charge in [-0.05, 0) is 51.4 Å². The Morgan fingerprint density at radius 2 is 1.09 bits per heavy atom. The first kappa shape index (κ1) is 53.6. The molecule has 0 radical (unpaired) electrons. The molecule has 1 fully saturated rings. The fourth-order valence-corrected chi connectivity index (χ4v) is 7.18. The number of aliphatic hydroxyl groups is 3. The highest BCUT2D eigenvalue weighted by atomic mass is 32.2.